The number of carbonyl (C=O) groups is 1. The van der Waals surface area contributed by atoms with E-state index in [1.807, 2.05) is 0 Å². The van der Waals surface area contributed by atoms with Crippen LogP contribution >= 0.6 is 0 Å². The molecule has 2 aliphatic heterocycles. The molecule has 6 nitrogen and oxygen atoms in total. The molecule has 2 N–H and O–H groups in total. The van der Waals surface area contributed by atoms with E-state index < -0.39 is 10.0 Å². The first-order valence-electron chi connectivity index (χ1n) is 9.34. The molecule has 3 rings (SSSR count). The zero-order valence-electron chi connectivity index (χ0n) is 15.0. The molecule has 2 heterocycles. The van der Waals surface area contributed by atoms with Crippen molar-refractivity contribution >= 4 is 15.9 Å². The lowest BCUT2D eigenvalue weighted by Gasteiger charge is -2.20. The first-order chi connectivity index (χ1) is 12.6. The molecule has 26 heavy (non-hydrogen) atoms. The van der Waals surface area contributed by atoms with Crippen molar-refractivity contribution in [1.29, 1.82) is 0 Å². The Bertz CT molecular complexity index is 766. The Labute approximate surface area is 155 Å². The molecule has 0 aliphatic carbocycles. The third kappa shape index (κ3) is 4.72. The van der Waals surface area contributed by atoms with Crippen molar-refractivity contribution in [2.75, 3.05) is 32.7 Å². The van der Waals surface area contributed by atoms with Crippen molar-refractivity contribution in [2.24, 2.45) is 0 Å². The SMILES string of the molecule is O=C(NCC1=CCNCC1)c1cccc(S(=O)(=O)N2CCCCCC2)c1. The quantitative estimate of drug-likeness (QED) is 0.768. The lowest BCUT2D eigenvalue weighted by Crippen LogP contribution is -2.32. The minimum atomic E-state index is -3.54. The van der Waals surface area contributed by atoms with Gasteiger partial charge in [0.05, 0.1) is 4.90 Å². The molecule has 0 radical (unpaired) electrons. The Morgan fingerprint density at radius 3 is 2.62 bits per heavy atom. The first kappa shape index (κ1) is 19.1. The molecule has 0 aromatic heterocycles. The van der Waals surface area contributed by atoms with Crippen LogP contribution in [0.1, 0.15) is 42.5 Å². The number of benzene rings is 1. The van der Waals surface area contributed by atoms with E-state index in [9.17, 15) is 13.2 Å². The molecule has 7 heteroatoms. The van der Waals surface area contributed by atoms with Gasteiger partial charge >= 0.3 is 0 Å². The number of amides is 1. The van der Waals surface area contributed by atoms with Crippen molar-refractivity contribution in [3.05, 3.63) is 41.5 Å². The average Bonchev–Trinajstić information content (AvgIpc) is 2.97. The molecule has 1 fully saturated rings. The number of nitrogens with one attached hydrogen (secondary N) is 2. The molecular weight excluding hydrogens is 350 g/mol. The van der Waals surface area contributed by atoms with Crippen LogP contribution in [0.4, 0.5) is 0 Å². The maximum Gasteiger partial charge on any atom is 0.251 e. The minimum Gasteiger partial charge on any atom is -0.348 e. The van der Waals surface area contributed by atoms with Gasteiger partial charge < -0.3 is 10.6 Å². The van der Waals surface area contributed by atoms with Crippen LogP contribution in [0, 0.1) is 0 Å². The second-order valence-corrected chi connectivity index (χ2v) is 8.78. The molecular formula is C19H27N3O3S. The van der Waals surface area contributed by atoms with Gasteiger partial charge in [0, 0.05) is 31.7 Å². The van der Waals surface area contributed by atoms with Gasteiger partial charge in [0.1, 0.15) is 0 Å². The van der Waals surface area contributed by atoms with Gasteiger partial charge in [-0.2, -0.15) is 4.31 Å². The second kappa shape index (κ2) is 8.79. The van der Waals surface area contributed by atoms with Crippen LogP contribution in [0.5, 0.6) is 0 Å². The summed E-state index contributed by atoms with van der Waals surface area (Å²) in [6.45, 7) is 3.37. The molecule has 0 saturated carbocycles. The van der Waals surface area contributed by atoms with Gasteiger partial charge in [-0.15, -0.1) is 0 Å². The normalized spacial score (nSPS) is 19.5. The summed E-state index contributed by atoms with van der Waals surface area (Å²) >= 11 is 0. The van der Waals surface area contributed by atoms with E-state index in [0.29, 0.717) is 25.2 Å². The average molecular weight is 378 g/mol. The maximum absolute atomic E-state index is 12.9. The fraction of sp³-hybridized carbons (Fsp3) is 0.526. The highest BCUT2D eigenvalue weighted by atomic mass is 32.2. The molecule has 142 valence electrons. The Morgan fingerprint density at radius 2 is 1.92 bits per heavy atom. The van der Waals surface area contributed by atoms with E-state index in [4.69, 9.17) is 0 Å². The van der Waals surface area contributed by atoms with Gasteiger partial charge in [-0.1, -0.05) is 30.6 Å². The van der Waals surface area contributed by atoms with Crippen LogP contribution in [0.25, 0.3) is 0 Å². The number of sulfonamides is 1. The summed E-state index contributed by atoms with van der Waals surface area (Å²) in [6, 6.07) is 6.37. The van der Waals surface area contributed by atoms with Crippen LogP contribution in [-0.4, -0.2) is 51.4 Å². The molecule has 1 aromatic carbocycles. The van der Waals surface area contributed by atoms with Gasteiger partial charge in [-0.3, -0.25) is 4.79 Å². The number of nitrogens with zero attached hydrogens (tertiary/aromatic N) is 1. The van der Waals surface area contributed by atoms with Gasteiger partial charge in [0.25, 0.3) is 5.91 Å². The van der Waals surface area contributed by atoms with Gasteiger partial charge in [-0.25, -0.2) is 8.42 Å². The van der Waals surface area contributed by atoms with Crippen molar-refractivity contribution in [2.45, 2.75) is 37.0 Å². The van der Waals surface area contributed by atoms with Gasteiger partial charge in [0.15, 0.2) is 0 Å². The number of carbonyl (C=O) groups excluding carboxylic acids is 1. The largest absolute Gasteiger partial charge is 0.348 e. The molecule has 0 atom stereocenters. The molecule has 1 amide bonds. The fourth-order valence-corrected chi connectivity index (χ4v) is 4.92. The van der Waals surface area contributed by atoms with Crippen LogP contribution in [0.15, 0.2) is 40.8 Å². The highest BCUT2D eigenvalue weighted by Crippen LogP contribution is 2.21. The summed E-state index contributed by atoms with van der Waals surface area (Å²) in [4.78, 5) is 12.6. The molecule has 0 spiro atoms. The van der Waals surface area contributed by atoms with E-state index in [2.05, 4.69) is 16.7 Å². The zero-order valence-corrected chi connectivity index (χ0v) is 15.9. The van der Waals surface area contributed by atoms with Crippen LogP contribution in [0.2, 0.25) is 0 Å². The zero-order chi connectivity index (χ0) is 18.4. The monoisotopic (exact) mass is 377 g/mol. The number of rotatable bonds is 5. The summed E-state index contributed by atoms with van der Waals surface area (Å²) < 4.78 is 27.3. The summed E-state index contributed by atoms with van der Waals surface area (Å²) in [5.41, 5.74) is 1.58. The van der Waals surface area contributed by atoms with E-state index >= 15 is 0 Å². The smallest absolute Gasteiger partial charge is 0.251 e. The third-order valence-electron chi connectivity index (χ3n) is 4.93. The predicted molar refractivity (Wildman–Crippen MR) is 102 cm³/mol. The predicted octanol–water partition coefficient (Wildman–Crippen LogP) is 1.90. The Kier molecular flexibility index (Phi) is 6.45. The maximum atomic E-state index is 12.9. The number of hydrogen-bond acceptors (Lipinski definition) is 4. The van der Waals surface area contributed by atoms with E-state index in [0.717, 1.165) is 45.2 Å². The molecule has 2 aliphatic rings. The highest BCUT2D eigenvalue weighted by Gasteiger charge is 2.25. The topological polar surface area (TPSA) is 78.5 Å². The van der Waals surface area contributed by atoms with Gasteiger partial charge in [0.2, 0.25) is 10.0 Å². The van der Waals surface area contributed by atoms with Crippen LogP contribution in [0.3, 0.4) is 0 Å². The molecule has 1 aromatic rings. The highest BCUT2D eigenvalue weighted by molar-refractivity contribution is 7.89. The Balaban J connectivity index is 1.70. The second-order valence-electron chi connectivity index (χ2n) is 6.85. The Hall–Kier alpha value is -1.70. The van der Waals surface area contributed by atoms with Crippen molar-refractivity contribution < 1.29 is 13.2 Å². The summed E-state index contributed by atoms with van der Waals surface area (Å²) in [7, 11) is -3.54. The van der Waals surface area contributed by atoms with Gasteiger partial charge in [-0.05, 0) is 44.0 Å². The summed E-state index contributed by atoms with van der Waals surface area (Å²) in [6.07, 6.45) is 6.93. The van der Waals surface area contributed by atoms with Crippen molar-refractivity contribution in [1.82, 2.24) is 14.9 Å². The van der Waals surface area contributed by atoms with E-state index in [1.165, 1.54) is 11.6 Å². The van der Waals surface area contributed by atoms with Crippen LogP contribution < -0.4 is 10.6 Å². The summed E-state index contributed by atoms with van der Waals surface area (Å²) in [5.74, 6) is -0.239. The van der Waals surface area contributed by atoms with Crippen LogP contribution in [-0.2, 0) is 10.0 Å². The van der Waals surface area contributed by atoms with E-state index in [-0.39, 0.29) is 10.8 Å². The third-order valence-corrected chi connectivity index (χ3v) is 6.83. The molecule has 1 saturated heterocycles. The Morgan fingerprint density at radius 1 is 1.15 bits per heavy atom. The molecule has 0 unspecified atom stereocenters. The lowest BCUT2D eigenvalue weighted by molar-refractivity contribution is 0.0956. The standard InChI is InChI=1S/C19H27N3O3S/c23-19(21-15-16-8-10-20-11-9-16)17-6-5-7-18(14-17)26(24,25)22-12-3-1-2-4-13-22/h5-8,14,20H,1-4,9-13,15H2,(H,21,23). The lowest BCUT2D eigenvalue weighted by atomic mass is 10.1. The summed E-state index contributed by atoms with van der Waals surface area (Å²) in [5, 5.41) is 6.13. The van der Waals surface area contributed by atoms with Crippen molar-refractivity contribution in [3.8, 4) is 0 Å². The number of hydrogen-bond donors (Lipinski definition) is 2. The molecule has 0 bridgehead atoms. The first-order valence-corrected chi connectivity index (χ1v) is 10.8. The minimum absolute atomic E-state index is 0.202. The fourth-order valence-electron chi connectivity index (χ4n) is 3.35. The van der Waals surface area contributed by atoms with E-state index in [1.54, 1.807) is 22.5 Å². The van der Waals surface area contributed by atoms with Crippen molar-refractivity contribution in [3.63, 3.8) is 0 Å².